The summed E-state index contributed by atoms with van der Waals surface area (Å²) in [6.07, 6.45) is 23.0. The topological polar surface area (TPSA) is 0 Å². The summed E-state index contributed by atoms with van der Waals surface area (Å²) in [4.78, 5) is 1.32. The summed E-state index contributed by atoms with van der Waals surface area (Å²) in [6.45, 7) is 6.54. The SMILES string of the molecule is CC#Cc1cc(CCCCCCCC)c(/C=C/c2cccs2)cc1CCCCCCCC. The standard InChI is InChI=1S/C31H44S/c1-4-7-9-11-13-15-19-28-26-30(22-23-31-21-17-24-32-31)29(25-27(28)18-6-3)20-16-14-12-10-8-5-2/h17,21-26H,4-5,7-16,19-20H2,1-3H3/b23-22+. The van der Waals surface area contributed by atoms with E-state index in [1.165, 1.54) is 104 Å². The number of hydrogen-bond donors (Lipinski definition) is 0. The van der Waals surface area contributed by atoms with Crippen molar-refractivity contribution >= 4 is 23.5 Å². The monoisotopic (exact) mass is 448 g/mol. The van der Waals surface area contributed by atoms with Gasteiger partial charge in [-0.15, -0.1) is 17.3 Å². The third-order valence-electron chi connectivity index (χ3n) is 6.19. The molecule has 0 spiro atoms. The van der Waals surface area contributed by atoms with E-state index in [-0.39, 0.29) is 0 Å². The Labute approximate surface area is 202 Å². The average Bonchev–Trinajstić information content (AvgIpc) is 3.32. The second kappa shape index (κ2) is 16.8. The fourth-order valence-corrected chi connectivity index (χ4v) is 4.91. The molecule has 174 valence electrons. The minimum absolute atomic E-state index is 1.15. The highest BCUT2D eigenvalue weighted by Crippen LogP contribution is 2.24. The van der Waals surface area contributed by atoms with Crippen molar-refractivity contribution in [2.24, 2.45) is 0 Å². The second-order valence-corrected chi connectivity index (χ2v) is 9.95. The molecule has 1 heteroatoms. The van der Waals surface area contributed by atoms with Crippen LogP contribution in [0.4, 0.5) is 0 Å². The number of unbranched alkanes of at least 4 members (excludes halogenated alkanes) is 10. The van der Waals surface area contributed by atoms with E-state index in [1.54, 1.807) is 11.3 Å². The Morgan fingerprint density at radius 1 is 0.750 bits per heavy atom. The number of thiophene rings is 1. The van der Waals surface area contributed by atoms with Crippen LogP contribution in [0.1, 0.15) is 125 Å². The van der Waals surface area contributed by atoms with E-state index in [0.717, 1.165) is 12.8 Å². The first kappa shape index (κ1) is 26.5. The van der Waals surface area contributed by atoms with E-state index in [9.17, 15) is 0 Å². The van der Waals surface area contributed by atoms with Gasteiger partial charge in [-0.2, -0.15) is 0 Å². The molecular formula is C31H44S. The van der Waals surface area contributed by atoms with Crippen molar-refractivity contribution < 1.29 is 0 Å². The number of hydrogen-bond acceptors (Lipinski definition) is 1. The van der Waals surface area contributed by atoms with Crippen LogP contribution in [0, 0.1) is 11.8 Å². The lowest BCUT2D eigenvalue weighted by Crippen LogP contribution is -1.98. The Morgan fingerprint density at radius 2 is 1.38 bits per heavy atom. The van der Waals surface area contributed by atoms with Gasteiger partial charge in [0.15, 0.2) is 0 Å². The van der Waals surface area contributed by atoms with Crippen molar-refractivity contribution in [3.05, 3.63) is 56.8 Å². The fourth-order valence-electron chi connectivity index (χ4n) is 4.29. The second-order valence-electron chi connectivity index (χ2n) is 8.97. The lowest BCUT2D eigenvalue weighted by Gasteiger charge is -2.13. The molecule has 0 aliphatic carbocycles. The zero-order valence-corrected chi connectivity index (χ0v) is 21.7. The van der Waals surface area contributed by atoms with Crippen molar-refractivity contribution in [3.63, 3.8) is 0 Å². The average molecular weight is 449 g/mol. The van der Waals surface area contributed by atoms with Crippen LogP contribution in [0.25, 0.3) is 12.2 Å². The largest absolute Gasteiger partial charge is 0.144 e. The zero-order chi connectivity index (χ0) is 22.9. The minimum Gasteiger partial charge on any atom is -0.144 e. The zero-order valence-electron chi connectivity index (χ0n) is 20.8. The summed E-state index contributed by atoms with van der Waals surface area (Å²) >= 11 is 1.81. The lowest BCUT2D eigenvalue weighted by atomic mass is 9.92. The number of aryl methyl sites for hydroxylation is 2. The molecular weight excluding hydrogens is 404 g/mol. The van der Waals surface area contributed by atoms with E-state index in [4.69, 9.17) is 0 Å². The van der Waals surface area contributed by atoms with E-state index in [0.29, 0.717) is 0 Å². The van der Waals surface area contributed by atoms with E-state index >= 15 is 0 Å². The molecule has 0 atom stereocenters. The molecule has 0 aliphatic rings. The van der Waals surface area contributed by atoms with Crippen molar-refractivity contribution in [1.82, 2.24) is 0 Å². The van der Waals surface area contributed by atoms with E-state index in [2.05, 4.69) is 67.5 Å². The molecule has 0 bridgehead atoms. The van der Waals surface area contributed by atoms with Crippen molar-refractivity contribution in [1.29, 1.82) is 0 Å². The molecule has 32 heavy (non-hydrogen) atoms. The van der Waals surface area contributed by atoms with Gasteiger partial charge in [0.1, 0.15) is 0 Å². The van der Waals surface area contributed by atoms with Crippen LogP contribution in [0.2, 0.25) is 0 Å². The predicted octanol–water partition coefficient (Wildman–Crippen LogP) is 10.1. The Bertz CT molecular complexity index is 829. The summed E-state index contributed by atoms with van der Waals surface area (Å²) in [7, 11) is 0. The summed E-state index contributed by atoms with van der Waals surface area (Å²) in [6, 6.07) is 9.18. The molecule has 0 unspecified atom stereocenters. The third kappa shape index (κ3) is 10.2. The van der Waals surface area contributed by atoms with Gasteiger partial charge in [-0.05, 0) is 72.9 Å². The van der Waals surface area contributed by atoms with Gasteiger partial charge in [0, 0.05) is 10.4 Å². The highest BCUT2D eigenvalue weighted by molar-refractivity contribution is 7.10. The first-order chi connectivity index (χ1) is 15.8. The molecule has 0 nitrogen and oxygen atoms in total. The molecule has 0 saturated heterocycles. The highest BCUT2D eigenvalue weighted by Gasteiger charge is 2.08. The fraction of sp³-hybridized carbons (Fsp3) is 0.548. The maximum Gasteiger partial charge on any atom is 0.0280 e. The van der Waals surface area contributed by atoms with Crippen LogP contribution >= 0.6 is 11.3 Å². The highest BCUT2D eigenvalue weighted by atomic mass is 32.1. The van der Waals surface area contributed by atoms with Gasteiger partial charge in [-0.3, -0.25) is 0 Å². The Morgan fingerprint density at radius 3 is 1.97 bits per heavy atom. The molecule has 0 aliphatic heterocycles. The van der Waals surface area contributed by atoms with Crippen molar-refractivity contribution in [2.75, 3.05) is 0 Å². The molecule has 1 aromatic heterocycles. The molecule has 0 saturated carbocycles. The Hall–Kier alpha value is -1.78. The van der Waals surface area contributed by atoms with Gasteiger partial charge in [-0.25, -0.2) is 0 Å². The van der Waals surface area contributed by atoms with E-state index < -0.39 is 0 Å². The molecule has 1 aromatic carbocycles. The molecule has 2 rings (SSSR count). The Kier molecular flexibility index (Phi) is 13.9. The maximum absolute atomic E-state index is 3.42. The minimum atomic E-state index is 1.15. The first-order valence-corrected chi connectivity index (χ1v) is 14.0. The smallest absolute Gasteiger partial charge is 0.0280 e. The Balaban J connectivity index is 2.13. The summed E-state index contributed by atoms with van der Waals surface area (Å²) in [5, 5.41) is 2.15. The van der Waals surface area contributed by atoms with Crippen LogP contribution in [0.3, 0.4) is 0 Å². The molecule has 1 heterocycles. The van der Waals surface area contributed by atoms with Gasteiger partial charge >= 0.3 is 0 Å². The summed E-state index contributed by atoms with van der Waals surface area (Å²) in [5.74, 6) is 6.59. The first-order valence-electron chi connectivity index (χ1n) is 13.1. The third-order valence-corrected chi connectivity index (χ3v) is 7.03. The van der Waals surface area contributed by atoms with Crippen LogP contribution in [-0.4, -0.2) is 0 Å². The van der Waals surface area contributed by atoms with Crippen molar-refractivity contribution in [2.45, 2.75) is 111 Å². The quantitative estimate of drug-likeness (QED) is 0.177. The van der Waals surface area contributed by atoms with Crippen LogP contribution in [0.15, 0.2) is 29.6 Å². The van der Waals surface area contributed by atoms with Gasteiger partial charge in [0.05, 0.1) is 0 Å². The number of benzene rings is 1. The number of rotatable bonds is 16. The van der Waals surface area contributed by atoms with Crippen LogP contribution < -0.4 is 0 Å². The molecule has 0 amide bonds. The summed E-state index contributed by atoms with van der Waals surface area (Å²) < 4.78 is 0. The predicted molar refractivity (Wildman–Crippen MR) is 146 cm³/mol. The lowest BCUT2D eigenvalue weighted by molar-refractivity contribution is 0.605. The van der Waals surface area contributed by atoms with Gasteiger partial charge in [0.2, 0.25) is 0 Å². The van der Waals surface area contributed by atoms with Crippen molar-refractivity contribution in [3.8, 4) is 11.8 Å². The van der Waals surface area contributed by atoms with Gasteiger partial charge < -0.3 is 0 Å². The van der Waals surface area contributed by atoms with Crippen LogP contribution in [-0.2, 0) is 12.8 Å². The molecule has 2 aromatic rings. The summed E-state index contributed by atoms with van der Waals surface area (Å²) in [5.41, 5.74) is 5.56. The molecule has 0 fully saturated rings. The maximum atomic E-state index is 3.42. The molecule has 0 radical (unpaired) electrons. The van der Waals surface area contributed by atoms with E-state index in [1.807, 2.05) is 6.92 Å². The van der Waals surface area contributed by atoms with Gasteiger partial charge in [0.25, 0.3) is 0 Å². The van der Waals surface area contributed by atoms with Crippen LogP contribution in [0.5, 0.6) is 0 Å². The normalized spacial score (nSPS) is 11.1. The van der Waals surface area contributed by atoms with Gasteiger partial charge in [-0.1, -0.05) is 102 Å². The molecule has 0 N–H and O–H groups in total.